The van der Waals surface area contributed by atoms with E-state index in [0.29, 0.717) is 5.69 Å². The SMILES string of the molecule is CC(C(=O)OCCCOCC(F)(F)F)c1cccc(N)c1. The van der Waals surface area contributed by atoms with Crippen LogP contribution in [0, 0.1) is 0 Å². The molecular formula is C14H18F3NO3. The summed E-state index contributed by atoms with van der Waals surface area (Å²) in [7, 11) is 0. The number of anilines is 1. The van der Waals surface area contributed by atoms with Crippen molar-refractivity contribution < 1.29 is 27.4 Å². The standard InChI is InChI=1S/C14H18F3NO3/c1-10(11-4-2-5-12(18)8-11)13(19)21-7-3-6-20-9-14(15,16)17/h2,4-5,8,10H,3,6-7,9,18H2,1H3. The van der Waals surface area contributed by atoms with Gasteiger partial charge in [0.05, 0.1) is 19.1 Å². The Hall–Kier alpha value is -1.76. The monoisotopic (exact) mass is 305 g/mol. The molecule has 0 aliphatic heterocycles. The summed E-state index contributed by atoms with van der Waals surface area (Å²) in [6.45, 7) is 0.292. The zero-order valence-corrected chi connectivity index (χ0v) is 11.7. The molecule has 0 aliphatic rings. The molecule has 0 saturated heterocycles. The van der Waals surface area contributed by atoms with E-state index in [-0.39, 0.29) is 19.6 Å². The molecule has 1 unspecified atom stereocenters. The molecule has 0 amide bonds. The van der Waals surface area contributed by atoms with Crippen LogP contribution in [0.25, 0.3) is 0 Å². The minimum absolute atomic E-state index is 0.0172. The maximum absolute atomic E-state index is 11.8. The molecule has 0 radical (unpaired) electrons. The molecule has 0 aromatic heterocycles. The number of nitrogen functional groups attached to an aromatic ring is 1. The van der Waals surface area contributed by atoms with Gasteiger partial charge in [-0.05, 0) is 24.6 Å². The van der Waals surface area contributed by atoms with E-state index in [1.165, 1.54) is 0 Å². The highest BCUT2D eigenvalue weighted by Crippen LogP contribution is 2.19. The van der Waals surface area contributed by atoms with Crippen LogP contribution < -0.4 is 5.73 Å². The molecule has 4 nitrogen and oxygen atoms in total. The lowest BCUT2D eigenvalue weighted by atomic mass is 10.0. The summed E-state index contributed by atoms with van der Waals surface area (Å²) in [5.41, 5.74) is 6.90. The second-order valence-corrected chi connectivity index (χ2v) is 4.58. The van der Waals surface area contributed by atoms with Crippen molar-refractivity contribution in [3.63, 3.8) is 0 Å². The van der Waals surface area contributed by atoms with Gasteiger partial charge < -0.3 is 15.2 Å². The van der Waals surface area contributed by atoms with Gasteiger partial charge in [-0.3, -0.25) is 4.79 Å². The van der Waals surface area contributed by atoms with Gasteiger partial charge >= 0.3 is 12.1 Å². The lowest BCUT2D eigenvalue weighted by Crippen LogP contribution is -2.19. The van der Waals surface area contributed by atoms with E-state index in [9.17, 15) is 18.0 Å². The first-order chi connectivity index (χ1) is 9.79. The Morgan fingerprint density at radius 1 is 1.33 bits per heavy atom. The van der Waals surface area contributed by atoms with E-state index < -0.39 is 24.7 Å². The fourth-order valence-corrected chi connectivity index (χ4v) is 1.61. The Labute approximate surface area is 121 Å². The van der Waals surface area contributed by atoms with Crippen LogP contribution in [0.2, 0.25) is 0 Å². The summed E-state index contributed by atoms with van der Waals surface area (Å²) in [5, 5.41) is 0. The van der Waals surface area contributed by atoms with Crippen LogP contribution in [-0.2, 0) is 14.3 Å². The number of carbonyl (C=O) groups excluding carboxylic acids is 1. The van der Waals surface area contributed by atoms with E-state index in [0.717, 1.165) is 5.56 Å². The molecule has 0 spiro atoms. The number of esters is 1. The van der Waals surface area contributed by atoms with Crippen molar-refractivity contribution in [2.75, 3.05) is 25.6 Å². The molecule has 1 atom stereocenters. The van der Waals surface area contributed by atoms with Gasteiger partial charge in [0.1, 0.15) is 6.61 Å². The predicted octanol–water partition coefficient (Wildman–Crippen LogP) is 2.88. The lowest BCUT2D eigenvalue weighted by molar-refractivity contribution is -0.175. The van der Waals surface area contributed by atoms with Gasteiger partial charge in [0, 0.05) is 12.1 Å². The van der Waals surface area contributed by atoms with Crippen molar-refractivity contribution in [3.8, 4) is 0 Å². The first-order valence-electron chi connectivity index (χ1n) is 6.46. The van der Waals surface area contributed by atoms with E-state index >= 15 is 0 Å². The number of alkyl halides is 3. The Morgan fingerprint density at radius 2 is 2.05 bits per heavy atom. The molecule has 0 aliphatic carbocycles. The summed E-state index contributed by atoms with van der Waals surface area (Å²) in [5.74, 6) is -0.930. The molecule has 1 rings (SSSR count). The van der Waals surface area contributed by atoms with Gasteiger partial charge in [0.15, 0.2) is 0 Å². The molecule has 0 heterocycles. The van der Waals surface area contributed by atoms with Crippen LogP contribution in [-0.4, -0.2) is 32.0 Å². The van der Waals surface area contributed by atoms with E-state index in [1.54, 1.807) is 31.2 Å². The largest absolute Gasteiger partial charge is 0.465 e. The number of hydrogen-bond acceptors (Lipinski definition) is 4. The average molecular weight is 305 g/mol. The number of nitrogens with two attached hydrogens (primary N) is 1. The van der Waals surface area contributed by atoms with Crippen molar-refractivity contribution in [2.24, 2.45) is 0 Å². The number of hydrogen-bond donors (Lipinski definition) is 1. The smallest absolute Gasteiger partial charge is 0.411 e. The van der Waals surface area contributed by atoms with E-state index in [2.05, 4.69) is 4.74 Å². The molecule has 0 saturated carbocycles. The fraction of sp³-hybridized carbons (Fsp3) is 0.500. The van der Waals surface area contributed by atoms with Crippen LogP contribution in [0.15, 0.2) is 24.3 Å². The minimum Gasteiger partial charge on any atom is -0.465 e. The molecular weight excluding hydrogens is 287 g/mol. The van der Waals surface area contributed by atoms with E-state index in [4.69, 9.17) is 10.5 Å². The normalized spacial score (nSPS) is 13.0. The van der Waals surface area contributed by atoms with Crippen molar-refractivity contribution in [3.05, 3.63) is 29.8 Å². The number of benzene rings is 1. The number of ether oxygens (including phenoxy) is 2. The van der Waals surface area contributed by atoms with Crippen molar-refractivity contribution >= 4 is 11.7 Å². The Bertz CT molecular complexity index is 463. The maximum atomic E-state index is 11.8. The third-order valence-electron chi connectivity index (χ3n) is 2.71. The summed E-state index contributed by atoms with van der Waals surface area (Å²) >= 11 is 0. The van der Waals surface area contributed by atoms with Crippen LogP contribution in [0.5, 0.6) is 0 Å². The topological polar surface area (TPSA) is 61.5 Å². The Morgan fingerprint density at radius 3 is 2.67 bits per heavy atom. The summed E-state index contributed by atoms with van der Waals surface area (Å²) in [4.78, 5) is 11.8. The molecule has 1 aromatic carbocycles. The first-order valence-corrected chi connectivity index (χ1v) is 6.46. The van der Waals surface area contributed by atoms with Crippen LogP contribution >= 0.6 is 0 Å². The van der Waals surface area contributed by atoms with Crippen molar-refractivity contribution in [1.29, 1.82) is 0 Å². The van der Waals surface area contributed by atoms with Gasteiger partial charge in [-0.15, -0.1) is 0 Å². The van der Waals surface area contributed by atoms with Crippen molar-refractivity contribution in [1.82, 2.24) is 0 Å². The Kier molecular flexibility index (Phi) is 6.48. The predicted molar refractivity (Wildman–Crippen MR) is 71.7 cm³/mol. The van der Waals surface area contributed by atoms with Crippen molar-refractivity contribution in [2.45, 2.75) is 25.4 Å². The third kappa shape index (κ3) is 6.99. The second kappa shape index (κ2) is 7.87. The van der Waals surface area contributed by atoms with Gasteiger partial charge in [-0.2, -0.15) is 13.2 Å². The molecule has 1 aromatic rings. The molecule has 118 valence electrons. The third-order valence-corrected chi connectivity index (χ3v) is 2.71. The molecule has 0 fully saturated rings. The zero-order chi connectivity index (χ0) is 15.9. The number of rotatable bonds is 7. The second-order valence-electron chi connectivity index (χ2n) is 4.58. The maximum Gasteiger partial charge on any atom is 0.411 e. The van der Waals surface area contributed by atoms with Gasteiger partial charge in [0.25, 0.3) is 0 Å². The number of carbonyl (C=O) groups is 1. The summed E-state index contributed by atoms with van der Waals surface area (Å²) in [6.07, 6.45) is -4.12. The van der Waals surface area contributed by atoms with Gasteiger partial charge in [0.2, 0.25) is 0 Å². The molecule has 21 heavy (non-hydrogen) atoms. The summed E-state index contributed by atoms with van der Waals surface area (Å²) in [6, 6.07) is 6.88. The van der Waals surface area contributed by atoms with Crippen LogP contribution in [0.1, 0.15) is 24.8 Å². The Balaban J connectivity index is 2.25. The highest BCUT2D eigenvalue weighted by molar-refractivity contribution is 5.78. The zero-order valence-electron chi connectivity index (χ0n) is 11.7. The van der Waals surface area contributed by atoms with Crippen LogP contribution in [0.4, 0.5) is 18.9 Å². The highest BCUT2D eigenvalue weighted by atomic mass is 19.4. The van der Waals surface area contributed by atoms with Gasteiger partial charge in [-0.25, -0.2) is 0 Å². The molecule has 7 heteroatoms. The lowest BCUT2D eigenvalue weighted by Gasteiger charge is -2.12. The van der Waals surface area contributed by atoms with E-state index in [1.807, 2.05) is 0 Å². The van der Waals surface area contributed by atoms with Crippen LogP contribution in [0.3, 0.4) is 0 Å². The number of halogens is 3. The molecule has 2 N–H and O–H groups in total. The minimum atomic E-state index is -4.33. The summed E-state index contributed by atoms with van der Waals surface area (Å²) < 4.78 is 44.8. The molecule has 0 bridgehead atoms. The quantitative estimate of drug-likeness (QED) is 0.478. The fourth-order valence-electron chi connectivity index (χ4n) is 1.61. The average Bonchev–Trinajstić information content (AvgIpc) is 2.40. The van der Waals surface area contributed by atoms with Gasteiger partial charge in [-0.1, -0.05) is 12.1 Å². The highest BCUT2D eigenvalue weighted by Gasteiger charge is 2.27. The first kappa shape index (κ1) is 17.3.